The van der Waals surface area contributed by atoms with Crippen LogP contribution in [0.1, 0.15) is 128 Å². The van der Waals surface area contributed by atoms with E-state index in [0.717, 1.165) is 55.6 Å². The summed E-state index contributed by atoms with van der Waals surface area (Å²) in [5.74, 6) is -0.156. The predicted molar refractivity (Wildman–Crippen MR) is 197 cm³/mol. The molecule has 5 nitrogen and oxygen atoms in total. The van der Waals surface area contributed by atoms with Gasteiger partial charge in [0.25, 0.3) is 0 Å². The Morgan fingerprint density at radius 2 is 1.51 bits per heavy atom. The Labute approximate surface area is 286 Å². The normalized spacial score (nSPS) is 18.1. The average Bonchev–Trinajstić information content (AvgIpc) is 3.40. The predicted octanol–water partition coefficient (Wildman–Crippen LogP) is 11.6. The van der Waals surface area contributed by atoms with E-state index in [2.05, 4.69) is 65.9 Å². The molecule has 47 heavy (non-hydrogen) atoms. The molecule has 1 aliphatic rings. The van der Waals surface area contributed by atoms with Crippen LogP contribution >= 0.6 is 0 Å². The monoisotopic (exact) mass is 662 g/mol. The van der Waals surface area contributed by atoms with Crippen molar-refractivity contribution in [3.8, 4) is 11.1 Å². The molecular formula is C41H62O5Si. The molecule has 0 amide bonds. The van der Waals surface area contributed by atoms with Gasteiger partial charge in [-0.1, -0.05) is 140 Å². The number of benzene rings is 2. The third-order valence-corrected chi connectivity index (χ3v) is 15.0. The summed E-state index contributed by atoms with van der Waals surface area (Å²) in [6, 6.07) is 17.9. The van der Waals surface area contributed by atoms with Gasteiger partial charge < -0.3 is 14.3 Å². The van der Waals surface area contributed by atoms with Crippen molar-refractivity contribution in [1.29, 1.82) is 0 Å². The van der Waals surface area contributed by atoms with E-state index >= 15 is 0 Å². The summed E-state index contributed by atoms with van der Waals surface area (Å²) >= 11 is 0. The highest BCUT2D eigenvalue weighted by atomic mass is 28.4. The number of hydrogen-bond acceptors (Lipinski definition) is 4. The van der Waals surface area contributed by atoms with E-state index in [-0.39, 0.29) is 23.0 Å². The fourth-order valence-electron chi connectivity index (χ4n) is 6.42. The molecule has 3 rings (SSSR count). The second-order valence-electron chi connectivity index (χ2n) is 15.3. The van der Waals surface area contributed by atoms with E-state index in [4.69, 9.17) is 9.16 Å². The molecule has 0 saturated heterocycles. The number of hydrogen-bond donors (Lipinski definition) is 1. The molecule has 6 heteroatoms. The van der Waals surface area contributed by atoms with Crippen LogP contribution in [0.4, 0.5) is 0 Å². The minimum Gasteiger partial charge on any atom is -0.479 e. The summed E-state index contributed by atoms with van der Waals surface area (Å²) in [5, 5.41) is 9.84. The molecule has 4 atom stereocenters. The van der Waals surface area contributed by atoms with Crippen LogP contribution < -0.4 is 0 Å². The molecule has 0 radical (unpaired) electrons. The van der Waals surface area contributed by atoms with Gasteiger partial charge >= 0.3 is 11.9 Å². The van der Waals surface area contributed by atoms with Gasteiger partial charge in [-0.15, -0.1) is 0 Å². The summed E-state index contributed by atoms with van der Waals surface area (Å²) in [6.07, 6.45) is 15.0. The van der Waals surface area contributed by atoms with Crippen LogP contribution in [-0.4, -0.2) is 37.6 Å². The number of esters is 1. The Bertz CT molecular complexity index is 1260. The largest absolute Gasteiger partial charge is 0.479 e. The lowest BCUT2D eigenvalue weighted by molar-refractivity contribution is -0.146. The number of ether oxygens (including phenoxy) is 1. The average molecular weight is 663 g/mol. The van der Waals surface area contributed by atoms with Crippen LogP contribution in [-0.2, 0) is 14.0 Å². The van der Waals surface area contributed by atoms with Crippen molar-refractivity contribution in [1.82, 2.24) is 0 Å². The highest BCUT2D eigenvalue weighted by molar-refractivity contribution is 6.74. The Morgan fingerprint density at radius 1 is 0.872 bits per heavy atom. The van der Waals surface area contributed by atoms with Crippen molar-refractivity contribution in [3.05, 3.63) is 71.8 Å². The molecule has 0 spiro atoms. The summed E-state index contributed by atoms with van der Waals surface area (Å²) in [5.41, 5.74) is 4.22. The van der Waals surface area contributed by atoms with Crippen molar-refractivity contribution >= 4 is 20.3 Å². The molecule has 0 saturated carbocycles. The van der Waals surface area contributed by atoms with Gasteiger partial charge in [0.1, 0.15) is 12.2 Å². The standard InChI is InChI=1S/C41H62O5Si/c1-8-9-12-18-31(2)19-17-22-34-29-30-37(45-40(44)35-27-25-33(26-28-35)32-20-13-10-14-21-32)36(34)23-15-11-16-24-38(39(42)43)46-47(6,7)41(3,4)5/h10,13-14,20-21,25-29,31,36-38H,8-9,11-12,15-19,22-24,30H2,1-7H3,(H,42,43)/t31?,36-,37+,38?/m1/s1. The van der Waals surface area contributed by atoms with Crippen LogP contribution in [0.15, 0.2) is 66.2 Å². The van der Waals surface area contributed by atoms with Crippen molar-refractivity contribution in [2.75, 3.05) is 0 Å². The van der Waals surface area contributed by atoms with Crippen LogP contribution in [0.3, 0.4) is 0 Å². The van der Waals surface area contributed by atoms with Crippen LogP contribution in [0.25, 0.3) is 11.1 Å². The number of aliphatic carboxylic acids is 1. The smallest absolute Gasteiger partial charge is 0.338 e. The molecule has 0 bridgehead atoms. The number of carboxylic acid groups (broad SMARTS) is 1. The fraction of sp³-hybridized carbons (Fsp3) is 0.610. The van der Waals surface area contributed by atoms with Gasteiger partial charge in [0.15, 0.2) is 8.32 Å². The van der Waals surface area contributed by atoms with Gasteiger partial charge in [-0.2, -0.15) is 0 Å². The molecule has 0 fully saturated rings. The summed E-state index contributed by atoms with van der Waals surface area (Å²) < 4.78 is 12.5. The Balaban J connectivity index is 1.59. The highest BCUT2D eigenvalue weighted by Crippen LogP contribution is 2.39. The van der Waals surface area contributed by atoms with Crippen LogP contribution in [0, 0.1) is 11.8 Å². The lowest BCUT2D eigenvalue weighted by atomic mass is 9.88. The number of carbonyl (C=O) groups excluding carboxylic acids is 1. The molecule has 1 N–H and O–H groups in total. The summed E-state index contributed by atoms with van der Waals surface area (Å²) in [7, 11) is -2.17. The molecular weight excluding hydrogens is 601 g/mol. The van der Waals surface area contributed by atoms with Gasteiger partial charge in [0.2, 0.25) is 0 Å². The maximum absolute atomic E-state index is 13.3. The molecule has 0 heterocycles. The van der Waals surface area contributed by atoms with E-state index in [1.165, 1.54) is 44.1 Å². The lowest BCUT2D eigenvalue weighted by Gasteiger charge is -2.38. The molecule has 2 aromatic carbocycles. The lowest BCUT2D eigenvalue weighted by Crippen LogP contribution is -2.46. The second-order valence-corrected chi connectivity index (χ2v) is 20.1. The van der Waals surface area contributed by atoms with Gasteiger partial charge in [0, 0.05) is 12.3 Å². The first-order valence-corrected chi connectivity index (χ1v) is 21.2. The molecule has 0 aliphatic heterocycles. The number of carboxylic acids is 1. The number of unbranched alkanes of at least 4 members (excludes halogenated alkanes) is 4. The summed E-state index contributed by atoms with van der Waals surface area (Å²) in [4.78, 5) is 25.4. The minimum atomic E-state index is -2.17. The zero-order valence-electron chi connectivity index (χ0n) is 30.4. The Morgan fingerprint density at radius 3 is 2.15 bits per heavy atom. The molecule has 260 valence electrons. The van der Waals surface area contributed by atoms with Gasteiger partial charge in [-0.25, -0.2) is 9.59 Å². The van der Waals surface area contributed by atoms with Crippen molar-refractivity contribution < 1.29 is 23.9 Å². The first kappa shape index (κ1) is 38.7. The van der Waals surface area contributed by atoms with Gasteiger partial charge in [0.05, 0.1) is 5.56 Å². The highest BCUT2D eigenvalue weighted by Gasteiger charge is 2.40. The maximum Gasteiger partial charge on any atom is 0.338 e. The Kier molecular flexibility index (Phi) is 15.4. The van der Waals surface area contributed by atoms with Gasteiger partial charge in [-0.05, 0) is 73.0 Å². The number of rotatable bonds is 20. The van der Waals surface area contributed by atoms with Gasteiger partial charge in [-0.3, -0.25) is 0 Å². The second kappa shape index (κ2) is 18.7. The summed E-state index contributed by atoms with van der Waals surface area (Å²) in [6.45, 7) is 15.3. The SMILES string of the molecule is CCCCCC(C)CCCC1=CC[C@H](OC(=O)c2ccc(-c3ccccc3)cc2)[C@@H]1CCCCCC(O[Si](C)(C)C(C)(C)C)C(=O)O. The van der Waals surface area contributed by atoms with E-state index in [1.807, 2.05) is 42.5 Å². The zero-order valence-corrected chi connectivity index (χ0v) is 31.4. The molecule has 1 aliphatic carbocycles. The first-order valence-electron chi connectivity index (χ1n) is 18.3. The topological polar surface area (TPSA) is 72.8 Å². The third-order valence-electron chi connectivity index (χ3n) is 10.5. The van der Waals surface area contributed by atoms with E-state index in [9.17, 15) is 14.7 Å². The zero-order chi connectivity index (χ0) is 34.5. The minimum absolute atomic E-state index is 0.0322. The third kappa shape index (κ3) is 12.4. The quantitative estimate of drug-likeness (QED) is 0.0661. The van der Waals surface area contributed by atoms with E-state index in [0.29, 0.717) is 12.0 Å². The molecule has 2 aromatic rings. The molecule has 0 aromatic heterocycles. The van der Waals surface area contributed by atoms with E-state index < -0.39 is 20.4 Å². The Hall–Kier alpha value is -2.70. The van der Waals surface area contributed by atoms with Crippen molar-refractivity contribution in [3.63, 3.8) is 0 Å². The van der Waals surface area contributed by atoms with Crippen LogP contribution in [0.2, 0.25) is 18.1 Å². The van der Waals surface area contributed by atoms with E-state index in [1.54, 1.807) is 0 Å². The van der Waals surface area contributed by atoms with Crippen LogP contribution in [0.5, 0.6) is 0 Å². The van der Waals surface area contributed by atoms with Crippen molar-refractivity contribution in [2.24, 2.45) is 11.8 Å². The maximum atomic E-state index is 13.3. The molecule has 2 unspecified atom stereocenters. The fourth-order valence-corrected chi connectivity index (χ4v) is 7.71. The van der Waals surface area contributed by atoms with Crippen molar-refractivity contribution in [2.45, 2.75) is 148 Å². The first-order chi connectivity index (χ1) is 22.3. The number of carbonyl (C=O) groups is 2.